The van der Waals surface area contributed by atoms with Crippen molar-refractivity contribution in [2.45, 2.75) is 6.92 Å². The zero-order valence-electron chi connectivity index (χ0n) is 14.5. The van der Waals surface area contributed by atoms with E-state index in [0.29, 0.717) is 22.0 Å². The molecule has 136 valence electrons. The highest BCUT2D eigenvalue weighted by Crippen LogP contribution is 2.15. The fourth-order valence-corrected chi connectivity index (χ4v) is 2.56. The Morgan fingerprint density at radius 1 is 1.19 bits per heavy atom. The van der Waals surface area contributed by atoms with Crippen LogP contribution in [-0.2, 0) is 7.05 Å². The minimum absolute atomic E-state index is 0.0586. The number of rotatable bonds is 4. The first-order valence-electron chi connectivity index (χ1n) is 7.94. The standard InChI is InChI=1S/C18H15N5O4/c1-11(12-6-5-7-13(10-12)23(26)27)19-20-17(24)16-14-8-3-4-9-15(14)18(25)22(2)21-16/h3-10H,1-2H3,(H,20,24)/b19-11+. The maximum atomic E-state index is 12.5. The second-order valence-electron chi connectivity index (χ2n) is 5.77. The Morgan fingerprint density at radius 3 is 2.59 bits per heavy atom. The van der Waals surface area contributed by atoms with Crippen molar-refractivity contribution in [1.29, 1.82) is 0 Å². The Labute approximate surface area is 153 Å². The van der Waals surface area contributed by atoms with Crippen LogP contribution in [0.25, 0.3) is 10.8 Å². The van der Waals surface area contributed by atoms with E-state index in [9.17, 15) is 19.7 Å². The predicted molar refractivity (Wildman–Crippen MR) is 99.8 cm³/mol. The maximum Gasteiger partial charge on any atom is 0.292 e. The molecular weight excluding hydrogens is 350 g/mol. The van der Waals surface area contributed by atoms with E-state index in [0.717, 1.165) is 4.68 Å². The summed E-state index contributed by atoms with van der Waals surface area (Å²) in [6.07, 6.45) is 0. The molecule has 0 radical (unpaired) electrons. The van der Waals surface area contributed by atoms with Gasteiger partial charge >= 0.3 is 0 Å². The molecule has 2 aromatic carbocycles. The minimum Gasteiger partial charge on any atom is -0.267 e. The number of nitro benzene ring substituents is 1. The van der Waals surface area contributed by atoms with Crippen LogP contribution in [0.4, 0.5) is 5.69 Å². The molecule has 0 fully saturated rings. The van der Waals surface area contributed by atoms with Crippen LogP contribution in [-0.4, -0.2) is 26.3 Å². The van der Waals surface area contributed by atoms with Gasteiger partial charge in [-0.15, -0.1) is 0 Å². The van der Waals surface area contributed by atoms with Gasteiger partial charge < -0.3 is 0 Å². The molecule has 0 bridgehead atoms. The van der Waals surface area contributed by atoms with Crippen molar-refractivity contribution in [3.8, 4) is 0 Å². The number of amides is 1. The molecule has 0 spiro atoms. The number of nitrogens with one attached hydrogen (secondary N) is 1. The number of nitro groups is 1. The average Bonchev–Trinajstić information content (AvgIpc) is 2.68. The van der Waals surface area contributed by atoms with Crippen molar-refractivity contribution in [3.63, 3.8) is 0 Å². The predicted octanol–water partition coefficient (Wildman–Crippen LogP) is 2.00. The summed E-state index contributed by atoms with van der Waals surface area (Å²) in [5, 5.41) is 19.7. The SMILES string of the molecule is C/C(=N\NC(=O)c1nn(C)c(=O)c2ccccc12)c1cccc([N+](=O)[O-])c1. The van der Waals surface area contributed by atoms with E-state index >= 15 is 0 Å². The second kappa shape index (κ2) is 7.16. The Hall–Kier alpha value is -3.88. The molecule has 1 heterocycles. The lowest BCUT2D eigenvalue weighted by Gasteiger charge is -2.07. The third kappa shape index (κ3) is 3.56. The van der Waals surface area contributed by atoms with E-state index in [-0.39, 0.29) is 16.9 Å². The van der Waals surface area contributed by atoms with Crippen LogP contribution < -0.4 is 11.0 Å². The van der Waals surface area contributed by atoms with Gasteiger partial charge in [-0.2, -0.15) is 10.2 Å². The third-order valence-corrected chi connectivity index (χ3v) is 3.97. The highest BCUT2D eigenvalue weighted by atomic mass is 16.6. The number of non-ortho nitro benzene ring substituents is 1. The monoisotopic (exact) mass is 365 g/mol. The van der Waals surface area contributed by atoms with Gasteiger partial charge in [0.1, 0.15) is 0 Å². The second-order valence-corrected chi connectivity index (χ2v) is 5.77. The van der Waals surface area contributed by atoms with Gasteiger partial charge in [0.05, 0.1) is 16.0 Å². The number of fused-ring (bicyclic) bond motifs is 1. The molecule has 0 saturated carbocycles. The Kier molecular flexibility index (Phi) is 4.75. The van der Waals surface area contributed by atoms with Crippen LogP contribution in [0, 0.1) is 10.1 Å². The number of aryl methyl sites for hydroxylation is 1. The molecule has 0 atom stereocenters. The van der Waals surface area contributed by atoms with Crippen LogP contribution >= 0.6 is 0 Å². The molecule has 9 nitrogen and oxygen atoms in total. The molecule has 3 aromatic rings. The van der Waals surface area contributed by atoms with E-state index in [1.807, 2.05) is 0 Å². The molecule has 0 aliphatic carbocycles. The largest absolute Gasteiger partial charge is 0.292 e. The Morgan fingerprint density at radius 2 is 1.89 bits per heavy atom. The average molecular weight is 365 g/mol. The fraction of sp³-hybridized carbons (Fsp3) is 0.111. The number of hydrogen-bond donors (Lipinski definition) is 1. The number of aromatic nitrogens is 2. The van der Waals surface area contributed by atoms with Gasteiger partial charge in [0, 0.05) is 30.1 Å². The van der Waals surface area contributed by atoms with Gasteiger partial charge in [-0.1, -0.05) is 30.3 Å². The van der Waals surface area contributed by atoms with Crippen molar-refractivity contribution in [2.75, 3.05) is 0 Å². The van der Waals surface area contributed by atoms with Crippen molar-refractivity contribution in [1.82, 2.24) is 15.2 Å². The highest BCUT2D eigenvalue weighted by Gasteiger charge is 2.15. The lowest BCUT2D eigenvalue weighted by atomic mass is 10.1. The molecule has 1 aromatic heterocycles. The lowest BCUT2D eigenvalue weighted by Crippen LogP contribution is -2.27. The van der Waals surface area contributed by atoms with E-state index in [4.69, 9.17) is 0 Å². The third-order valence-electron chi connectivity index (χ3n) is 3.97. The number of carbonyl (C=O) groups is 1. The molecule has 0 aliphatic heterocycles. The minimum atomic E-state index is -0.591. The van der Waals surface area contributed by atoms with Crippen LogP contribution in [0.5, 0.6) is 0 Å². The number of nitrogens with zero attached hydrogens (tertiary/aromatic N) is 4. The van der Waals surface area contributed by atoms with E-state index in [1.165, 1.54) is 25.2 Å². The molecule has 0 saturated heterocycles. The van der Waals surface area contributed by atoms with Gasteiger partial charge in [-0.3, -0.25) is 19.7 Å². The Balaban J connectivity index is 1.92. The first kappa shape index (κ1) is 17.9. The number of benzene rings is 2. The van der Waals surface area contributed by atoms with Gasteiger partial charge in [0.25, 0.3) is 17.2 Å². The van der Waals surface area contributed by atoms with Gasteiger partial charge in [-0.05, 0) is 13.0 Å². The highest BCUT2D eigenvalue weighted by molar-refractivity contribution is 6.06. The van der Waals surface area contributed by atoms with Crippen molar-refractivity contribution in [3.05, 3.63) is 80.3 Å². The summed E-state index contributed by atoms with van der Waals surface area (Å²) in [5.41, 5.74) is 2.96. The van der Waals surface area contributed by atoms with Crippen LogP contribution in [0.1, 0.15) is 23.0 Å². The molecule has 0 unspecified atom stereocenters. The molecule has 9 heteroatoms. The fourth-order valence-electron chi connectivity index (χ4n) is 2.56. The summed E-state index contributed by atoms with van der Waals surface area (Å²) in [7, 11) is 1.46. The van der Waals surface area contributed by atoms with Crippen LogP contribution in [0.3, 0.4) is 0 Å². The van der Waals surface area contributed by atoms with E-state index < -0.39 is 10.8 Å². The Bertz CT molecular complexity index is 1150. The summed E-state index contributed by atoms with van der Waals surface area (Å²) in [6.45, 7) is 1.62. The van der Waals surface area contributed by atoms with Crippen LogP contribution in [0.2, 0.25) is 0 Å². The summed E-state index contributed by atoms with van der Waals surface area (Å²) >= 11 is 0. The maximum absolute atomic E-state index is 12.5. The summed E-state index contributed by atoms with van der Waals surface area (Å²) in [4.78, 5) is 35.0. The van der Waals surface area contributed by atoms with E-state index in [2.05, 4.69) is 15.6 Å². The normalized spacial score (nSPS) is 11.4. The first-order valence-corrected chi connectivity index (χ1v) is 7.94. The zero-order chi connectivity index (χ0) is 19.6. The molecule has 0 aliphatic rings. The van der Waals surface area contributed by atoms with Crippen molar-refractivity contribution in [2.24, 2.45) is 12.1 Å². The number of hydrogen-bond acceptors (Lipinski definition) is 6. The van der Waals surface area contributed by atoms with Gasteiger partial charge in [-0.25, -0.2) is 10.1 Å². The first-order chi connectivity index (χ1) is 12.9. The summed E-state index contributed by atoms with van der Waals surface area (Å²) < 4.78 is 1.09. The number of hydrazone groups is 1. The molecular formula is C18H15N5O4. The summed E-state index contributed by atoms with van der Waals surface area (Å²) in [6, 6.07) is 12.6. The van der Waals surface area contributed by atoms with Gasteiger partial charge in [0.15, 0.2) is 5.69 Å². The number of carbonyl (C=O) groups excluding carboxylic acids is 1. The zero-order valence-corrected chi connectivity index (χ0v) is 14.5. The molecule has 3 rings (SSSR count). The van der Waals surface area contributed by atoms with Crippen LogP contribution in [0.15, 0.2) is 58.4 Å². The lowest BCUT2D eigenvalue weighted by molar-refractivity contribution is -0.384. The van der Waals surface area contributed by atoms with Crippen molar-refractivity contribution < 1.29 is 9.72 Å². The van der Waals surface area contributed by atoms with E-state index in [1.54, 1.807) is 37.3 Å². The molecule has 1 N–H and O–H groups in total. The quantitative estimate of drug-likeness (QED) is 0.431. The molecule has 27 heavy (non-hydrogen) atoms. The van der Waals surface area contributed by atoms with Gasteiger partial charge in [0.2, 0.25) is 0 Å². The smallest absolute Gasteiger partial charge is 0.267 e. The summed E-state index contributed by atoms with van der Waals surface area (Å²) in [5.74, 6) is -0.591. The topological polar surface area (TPSA) is 119 Å². The molecule has 1 amide bonds. The van der Waals surface area contributed by atoms with Crippen molar-refractivity contribution >= 4 is 28.1 Å².